The summed E-state index contributed by atoms with van der Waals surface area (Å²) in [7, 11) is 0. The fraction of sp³-hybridized carbons (Fsp3) is 0.857. The summed E-state index contributed by atoms with van der Waals surface area (Å²) in [5.41, 5.74) is 0. The molecule has 2 N–H and O–H groups in total. The number of nitrogens with one attached hydrogen (secondary N) is 2. The van der Waals surface area contributed by atoms with E-state index in [0.29, 0.717) is 25.9 Å². The zero-order valence-corrected chi connectivity index (χ0v) is 13.6. The minimum Gasteiger partial charge on any atom is -0.354 e. The van der Waals surface area contributed by atoms with Crippen molar-refractivity contribution in [2.75, 3.05) is 13.1 Å². The molecule has 0 aliphatic rings. The summed E-state index contributed by atoms with van der Waals surface area (Å²) < 4.78 is 0. The molecule has 0 aromatic heterocycles. The SMILES string of the molecule is CC.CC.CC.CCC(=O)NCCNC(=O)CC. The lowest BCUT2D eigenvalue weighted by molar-refractivity contribution is -0.122. The Morgan fingerprint density at radius 3 is 1.06 bits per heavy atom. The quantitative estimate of drug-likeness (QED) is 0.748. The summed E-state index contributed by atoms with van der Waals surface area (Å²) in [5, 5.41) is 5.32. The summed E-state index contributed by atoms with van der Waals surface area (Å²) in [4.78, 5) is 21.4. The molecule has 112 valence electrons. The molecule has 0 spiro atoms. The maximum absolute atomic E-state index is 10.7. The average molecular weight is 262 g/mol. The van der Waals surface area contributed by atoms with E-state index in [1.807, 2.05) is 41.5 Å². The number of carbonyl (C=O) groups is 2. The van der Waals surface area contributed by atoms with Gasteiger partial charge in [0, 0.05) is 25.9 Å². The standard InChI is InChI=1S/C8H16N2O2.3C2H6/c1-3-7(11)9-5-6-10-8(12)4-2;3*1-2/h3-6H2,1-2H3,(H,9,11)(H,10,12);3*1-2H3. The van der Waals surface area contributed by atoms with Crippen LogP contribution in [0.5, 0.6) is 0 Å². The summed E-state index contributed by atoms with van der Waals surface area (Å²) >= 11 is 0. The molecule has 4 nitrogen and oxygen atoms in total. The molecule has 0 unspecified atom stereocenters. The highest BCUT2D eigenvalue weighted by Gasteiger charge is 1.96. The van der Waals surface area contributed by atoms with E-state index in [4.69, 9.17) is 0 Å². The van der Waals surface area contributed by atoms with E-state index in [1.165, 1.54) is 0 Å². The van der Waals surface area contributed by atoms with Crippen molar-refractivity contribution in [3.05, 3.63) is 0 Å². The third kappa shape index (κ3) is 29.4. The van der Waals surface area contributed by atoms with Crippen molar-refractivity contribution in [2.24, 2.45) is 0 Å². The van der Waals surface area contributed by atoms with Gasteiger partial charge in [0.05, 0.1) is 0 Å². The van der Waals surface area contributed by atoms with Gasteiger partial charge in [0.1, 0.15) is 0 Å². The van der Waals surface area contributed by atoms with Crippen LogP contribution in [0.3, 0.4) is 0 Å². The third-order valence-corrected chi connectivity index (χ3v) is 1.41. The van der Waals surface area contributed by atoms with Crippen LogP contribution in [0.15, 0.2) is 0 Å². The van der Waals surface area contributed by atoms with Gasteiger partial charge in [-0.05, 0) is 0 Å². The van der Waals surface area contributed by atoms with Crippen molar-refractivity contribution < 1.29 is 9.59 Å². The van der Waals surface area contributed by atoms with Crippen LogP contribution in [0, 0.1) is 0 Å². The molecular weight excluding hydrogens is 228 g/mol. The smallest absolute Gasteiger partial charge is 0.219 e. The van der Waals surface area contributed by atoms with Gasteiger partial charge in [-0.2, -0.15) is 0 Å². The molecule has 0 rings (SSSR count). The Labute approximate surface area is 114 Å². The first-order valence-electron chi connectivity index (χ1n) is 7.24. The number of carbonyl (C=O) groups excluding carboxylic acids is 2. The van der Waals surface area contributed by atoms with Gasteiger partial charge in [-0.25, -0.2) is 0 Å². The fourth-order valence-electron chi connectivity index (χ4n) is 0.654. The van der Waals surface area contributed by atoms with Crippen LogP contribution in [0.1, 0.15) is 68.2 Å². The van der Waals surface area contributed by atoms with Crippen LogP contribution in [0.2, 0.25) is 0 Å². The second-order valence-corrected chi connectivity index (χ2v) is 2.41. The van der Waals surface area contributed by atoms with Crippen LogP contribution < -0.4 is 10.6 Å². The van der Waals surface area contributed by atoms with Crippen molar-refractivity contribution in [1.29, 1.82) is 0 Å². The second-order valence-electron chi connectivity index (χ2n) is 2.41. The highest BCUT2D eigenvalue weighted by molar-refractivity contribution is 5.76. The lowest BCUT2D eigenvalue weighted by Crippen LogP contribution is -2.33. The van der Waals surface area contributed by atoms with Crippen molar-refractivity contribution in [3.63, 3.8) is 0 Å². The van der Waals surface area contributed by atoms with E-state index < -0.39 is 0 Å². The Kier molecular flexibility index (Phi) is 42.5. The summed E-state index contributed by atoms with van der Waals surface area (Å²) in [6.45, 7) is 16.6. The van der Waals surface area contributed by atoms with Crippen molar-refractivity contribution in [2.45, 2.75) is 68.2 Å². The van der Waals surface area contributed by atoms with Crippen LogP contribution in [0.25, 0.3) is 0 Å². The van der Waals surface area contributed by atoms with Crippen molar-refractivity contribution in [1.82, 2.24) is 10.6 Å². The molecule has 0 heterocycles. The largest absolute Gasteiger partial charge is 0.354 e. The molecule has 2 amide bonds. The molecule has 0 fully saturated rings. The van der Waals surface area contributed by atoms with Crippen LogP contribution in [0.4, 0.5) is 0 Å². The van der Waals surface area contributed by atoms with Crippen LogP contribution in [-0.4, -0.2) is 24.9 Å². The molecule has 0 aromatic carbocycles. The Hall–Kier alpha value is -1.06. The minimum absolute atomic E-state index is 0.0146. The van der Waals surface area contributed by atoms with Gasteiger partial charge in [0.15, 0.2) is 0 Å². The highest BCUT2D eigenvalue weighted by atomic mass is 16.2. The molecule has 0 saturated carbocycles. The second kappa shape index (κ2) is 29.7. The molecule has 0 bridgehead atoms. The van der Waals surface area contributed by atoms with Gasteiger partial charge >= 0.3 is 0 Å². The fourth-order valence-corrected chi connectivity index (χ4v) is 0.654. The van der Waals surface area contributed by atoms with Gasteiger partial charge in [0.2, 0.25) is 11.8 Å². The van der Waals surface area contributed by atoms with E-state index in [0.717, 1.165) is 0 Å². The number of hydrogen-bond donors (Lipinski definition) is 2. The normalized spacial score (nSPS) is 7.11. The zero-order chi connectivity index (χ0) is 15.4. The molecule has 4 heteroatoms. The monoisotopic (exact) mass is 262 g/mol. The van der Waals surface area contributed by atoms with Gasteiger partial charge in [-0.1, -0.05) is 55.4 Å². The molecule has 0 radical (unpaired) electrons. The lowest BCUT2D eigenvalue weighted by atomic mass is 10.4. The van der Waals surface area contributed by atoms with E-state index >= 15 is 0 Å². The van der Waals surface area contributed by atoms with Crippen molar-refractivity contribution in [3.8, 4) is 0 Å². The Bertz CT molecular complexity index is 142. The Morgan fingerprint density at radius 1 is 0.667 bits per heavy atom. The summed E-state index contributed by atoms with van der Waals surface area (Å²) in [5.74, 6) is 0.0292. The van der Waals surface area contributed by atoms with Gasteiger partial charge in [0.25, 0.3) is 0 Å². The van der Waals surface area contributed by atoms with Gasteiger partial charge in [-0.3, -0.25) is 9.59 Å². The van der Waals surface area contributed by atoms with E-state index in [-0.39, 0.29) is 11.8 Å². The maximum atomic E-state index is 10.7. The molecule has 0 atom stereocenters. The minimum atomic E-state index is 0.0146. The first kappa shape index (κ1) is 25.7. The lowest BCUT2D eigenvalue weighted by Gasteiger charge is -2.04. The zero-order valence-electron chi connectivity index (χ0n) is 13.6. The Morgan fingerprint density at radius 2 is 0.889 bits per heavy atom. The predicted octanol–water partition coefficient (Wildman–Crippen LogP) is 3.12. The molecule has 0 aliphatic carbocycles. The van der Waals surface area contributed by atoms with E-state index in [2.05, 4.69) is 10.6 Å². The third-order valence-electron chi connectivity index (χ3n) is 1.41. The molecule has 18 heavy (non-hydrogen) atoms. The number of rotatable bonds is 5. The van der Waals surface area contributed by atoms with Crippen LogP contribution >= 0.6 is 0 Å². The molecule has 0 saturated heterocycles. The molecular formula is C14H34N2O2. The first-order chi connectivity index (χ1) is 8.70. The predicted molar refractivity (Wildman–Crippen MR) is 80.6 cm³/mol. The molecule has 0 aliphatic heterocycles. The maximum Gasteiger partial charge on any atom is 0.219 e. The van der Waals surface area contributed by atoms with Gasteiger partial charge in [-0.15, -0.1) is 0 Å². The highest BCUT2D eigenvalue weighted by Crippen LogP contribution is 1.75. The summed E-state index contributed by atoms with van der Waals surface area (Å²) in [6.07, 6.45) is 0.976. The van der Waals surface area contributed by atoms with E-state index in [9.17, 15) is 9.59 Å². The van der Waals surface area contributed by atoms with E-state index in [1.54, 1.807) is 13.8 Å². The average Bonchev–Trinajstić information content (AvgIpc) is 2.49. The van der Waals surface area contributed by atoms with Crippen molar-refractivity contribution >= 4 is 11.8 Å². The number of amides is 2. The first-order valence-corrected chi connectivity index (χ1v) is 7.24. The topological polar surface area (TPSA) is 58.2 Å². The molecule has 0 aromatic rings. The van der Waals surface area contributed by atoms with Gasteiger partial charge < -0.3 is 10.6 Å². The Balaban J connectivity index is -0.000000141. The number of hydrogen-bond acceptors (Lipinski definition) is 2. The summed E-state index contributed by atoms with van der Waals surface area (Å²) in [6, 6.07) is 0. The van der Waals surface area contributed by atoms with Crippen LogP contribution in [-0.2, 0) is 9.59 Å².